The lowest BCUT2D eigenvalue weighted by Gasteiger charge is -2.07. The van der Waals surface area contributed by atoms with E-state index in [2.05, 4.69) is 0 Å². The largest absolute Gasteiger partial charge is 0.276 e. The molecule has 0 unspecified atom stereocenters. The molecule has 0 bridgehead atoms. The highest BCUT2D eigenvalue weighted by Crippen LogP contribution is 2.21. The molecule has 4 heteroatoms. The number of hydrogen-bond donors (Lipinski definition) is 0. The Labute approximate surface area is 91.8 Å². The van der Waals surface area contributed by atoms with E-state index in [1.165, 1.54) is 6.07 Å². The van der Waals surface area contributed by atoms with E-state index in [1.807, 2.05) is 6.92 Å². The quantitative estimate of drug-likeness (QED) is 0.733. The van der Waals surface area contributed by atoms with E-state index in [4.69, 9.17) is 23.2 Å². The van der Waals surface area contributed by atoms with Crippen LogP contribution in [0.1, 0.15) is 31.8 Å². The van der Waals surface area contributed by atoms with Crippen molar-refractivity contribution in [2.45, 2.75) is 13.8 Å². The van der Waals surface area contributed by atoms with Crippen LogP contribution in [0.4, 0.5) is 0 Å². The molecule has 1 aromatic carbocycles. The van der Waals surface area contributed by atoms with E-state index in [0.717, 1.165) is 5.56 Å². The van der Waals surface area contributed by atoms with Gasteiger partial charge in [-0.25, -0.2) is 0 Å². The molecule has 0 saturated heterocycles. The lowest BCUT2D eigenvalue weighted by molar-refractivity contribution is 0.105. The molecule has 0 aliphatic rings. The molecule has 0 fully saturated rings. The zero-order valence-corrected chi connectivity index (χ0v) is 9.24. The van der Waals surface area contributed by atoms with Crippen LogP contribution < -0.4 is 0 Å². The summed E-state index contributed by atoms with van der Waals surface area (Å²) in [7, 11) is 0. The van der Waals surface area contributed by atoms with E-state index in [0.29, 0.717) is 5.56 Å². The van der Waals surface area contributed by atoms with Gasteiger partial charge in [-0.2, -0.15) is 0 Å². The number of hydrogen-bond acceptors (Lipinski definition) is 2. The maximum atomic E-state index is 11.1. The first kappa shape index (κ1) is 11.2. The molecule has 0 saturated carbocycles. The average Bonchev–Trinajstić information content (AvgIpc) is 2.08. The zero-order valence-electron chi connectivity index (χ0n) is 7.73. The van der Waals surface area contributed by atoms with Gasteiger partial charge in [-0.05, 0) is 54.2 Å². The fourth-order valence-corrected chi connectivity index (χ4v) is 1.63. The molecule has 0 heterocycles. The average molecular weight is 231 g/mol. The zero-order chi connectivity index (χ0) is 10.9. The Kier molecular flexibility index (Phi) is 3.29. The van der Waals surface area contributed by atoms with Gasteiger partial charge in [-0.3, -0.25) is 9.59 Å². The summed E-state index contributed by atoms with van der Waals surface area (Å²) in [6.07, 6.45) is 0. The lowest BCUT2D eigenvalue weighted by Crippen LogP contribution is -2.05. The molecule has 0 aromatic heterocycles. The summed E-state index contributed by atoms with van der Waals surface area (Å²) < 4.78 is 0. The molecule has 0 amide bonds. The lowest BCUT2D eigenvalue weighted by atomic mass is 9.99. The fourth-order valence-electron chi connectivity index (χ4n) is 1.23. The minimum absolute atomic E-state index is 0.162. The number of rotatable bonds is 2. The van der Waals surface area contributed by atoms with E-state index < -0.39 is 10.5 Å². The Hall–Kier alpha value is -0.860. The minimum atomic E-state index is -0.669. The Balaban J connectivity index is 3.53. The first-order valence-electron chi connectivity index (χ1n) is 3.95. The summed E-state index contributed by atoms with van der Waals surface area (Å²) in [6.45, 7) is 3.56. The Morgan fingerprint density at radius 3 is 2.07 bits per heavy atom. The minimum Gasteiger partial charge on any atom is -0.276 e. The molecule has 14 heavy (non-hydrogen) atoms. The van der Waals surface area contributed by atoms with Crippen LogP contribution in [0.25, 0.3) is 0 Å². The molecule has 1 rings (SSSR count). The number of carbonyl (C=O) groups is 2. The number of halogens is 2. The molecule has 0 radical (unpaired) electrons. The molecule has 74 valence electrons. The van der Waals surface area contributed by atoms with Gasteiger partial charge >= 0.3 is 0 Å². The second-order valence-corrected chi connectivity index (χ2v) is 3.66. The third kappa shape index (κ3) is 1.97. The highest BCUT2D eigenvalue weighted by Gasteiger charge is 2.17. The van der Waals surface area contributed by atoms with Gasteiger partial charge in [0.05, 0.1) is 0 Å². The topological polar surface area (TPSA) is 34.1 Å². The van der Waals surface area contributed by atoms with Crippen LogP contribution in [-0.4, -0.2) is 10.5 Å². The normalized spacial score (nSPS) is 10.0. The molecule has 0 aliphatic heterocycles. The SMILES string of the molecule is Cc1ccc(C(=O)Cl)c(C(=O)Cl)c1C. The van der Waals surface area contributed by atoms with Gasteiger partial charge in [0, 0.05) is 11.1 Å². The van der Waals surface area contributed by atoms with Crippen LogP contribution in [0.3, 0.4) is 0 Å². The summed E-state index contributed by atoms with van der Waals surface area (Å²) in [5.74, 6) is 0. The van der Waals surface area contributed by atoms with Gasteiger partial charge in [0.15, 0.2) is 0 Å². The molecular formula is C10H8Cl2O2. The molecule has 0 aliphatic carbocycles. The third-order valence-electron chi connectivity index (χ3n) is 2.14. The Morgan fingerprint density at radius 1 is 1.07 bits per heavy atom. The van der Waals surface area contributed by atoms with Crippen molar-refractivity contribution in [3.63, 3.8) is 0 Å². The number of aryl methyl sites for hydroxylation is 1. The Bertz CT molecular complexity index is 411. The maximum absolute atomic E-state index is 11.1. The summed E-state index contributed by atoms with van der Waals surface area (Å²) in [4.78, 5) is 22.1. The van der Waals surface area contributed by atoms with Gasteiger partial charge in [0.25, 0.3) is 10.5 Å². The first-order valence-corrected chi connectivity index (χ1v) is 4.70. The first-order chi connectivity index (χ1) is 6.45. The fraction of sp³-hybridized carbons (Fsp3) is 0.200. The predicted molar refractivity (Wildman–Crippen MR) is 56.3 cm³/mol. The highest BCUT2D eigenvalue weighted by molar-refractivity contribution is 6.72. The molecule has 0 atom stereocenters. The monoisotopic (exact) mass is 230 g/mol. The van der Waals surface area contributed by atoms with E-state index >= 15 is 0 Å². The van der Waals surface area contributed by atoms with Crippen molar-refractivity contribution in [1.82, 2.24) is 0 Å². The van der Waals surface area contributed by atoms with Crippen LogP contribution in [0.2, 0.25) is 0 Å². The van der Waals surface area contributed by atoms with Crippen LogP contribution in [0.15, 0.2) is 12.1 Å². The summed E-state index contributed by atoms with van der Waals surface area (Å²) >= 11 is 10.7. The van der Waals surface area contributed by atoms with Crippen LogP contribution >= 0.6 is 23.2 Å². The van der Waals surface area contributed by atoms with Crippen molar-refractivity contribution in [3.8, 4) is 0 Å². The summed E-state index contributed by atoms with van der Waals surface area (Å²) in [6, 6.07) is 3.24. The summed E-state index contributed by atoms with van der Waals surface area (Å²) in [5.41, 5.74) is 1.95. The van der Waals surface area contributed by atoms with Crippen molar-refractivity contribution in [2.24, 2.45) is 0 Å². The van der Waals surface area contributed by atoms with Gasteiger partial charge in [0.1, 0.15) is 0 Å². The van der Waals surface area contributed by atoms with Crippen molar-refractivity contribution < 1.29 is 9.59 Å². The van der Waals surface area contributed by atoms with E-state index in [9.17, 15) is 9.59 Å². The van der Waals surface area contributed by atoms with Gasteiger partial charge in [-0.15, -0.1) is 0 Å². The maximum Gasteiger partial charge on any atom is 0.253 e. The predicted octanol–water partition coefficient (Wildman–Crippen LogP) is 3.06. The molecular weight excluding hydrogens is 223 g/mol. The third-order valence-corrected chi connectivity index (χ3v) is 2.54. The van der Waals surface area contributed by atoms with Gasteiger partial charge < -0.3 is 0 Å². The number of benzene rings is 1. The van der Waals surface area contributed by atoms with E-state index in [1.54, 1.807) is 13.0 Å². The van der Waals surface area contributed by atoms with Crippen LogP contribution in [0.5, 0.6) is 0 Å². The second kappa shape index (κ2) is 4.11. The molecule has 0 spiro atoms. The van der Waals surface area contributed by atoms with Crippen molar-refractivity contribution in [3.05, 3.63) is 34.4 Å². The van der Waals surface area contributed by atoms with Crippen molar-refractivity contribution in [2.75, 3.05) is 0 Å². The number of carbonyl (C=O) groups excluding carboxylic acids is 2. The molecule has 1 aromatic rings. The molecule has 2 nitrogen and oxygen atoms in total. The van der Waals surface area contributed by atoms with Crippen LogP contribution in [-0.2, 0) is 0 Å². The molecule has 0 N–H and O–H groups in total. The van der Waals surface area contributed by atoms with Crippen molar-refractivity contribution >= 4 is 33.7 Å². The van der Waals surface area contributed by atoms with E-state index in [-0.39, 0.29) is 11.1 Å². The smallest absolute Gasteiger partial charge is 0.253 e. The standard InChI is InChI=1S/C10H8Cl2O2/c1-5-3-4-7(9(11)13)8(6(5)2)10(12)14/h3-4H,1-2H3. The second-order valence-electron chi connectivity index (χ2n) is 2.98. The highest BCUT2D eigenvalue weighted by atomic mass is 35.5. The van der Waals surface area contributed by atoms with Crippen molar-refractivity contribution in [1.29, 1.82) is 0 Å². The van der Waals surface area contributed by atoms with Gasteiger partial charge in [-0.1, -0.05) is 6.07 Å². The Morgan fingerprint density at radius 2 is 1.64 bits per heavy atom. The van der Waals surface area contributed by atoms with Crippen LogP contribution in [0, 0.1) is 13.8 Å². The van der Waals surface area contributed by atoms with Gasteiger partial charge in [0.2, 0.25) is 0 Å². The summed E-state index contributed by atoms with van der Waals surface area (Å²) in [5, 5.41) is -1.33.